The molecular weight excluding hydrogens is 488 g/mol. The van der Waals surface area contributed by atoms with Crippen LogP contribution >= 0.6 is 0 Å². The number of amides is 1. The van der Waals surface area contributed by atoms with Gasteiger partial charge < -0.3 is 9.64 Å². The molecule has 0 aromatic heterocycles. The Bertz CT molecular complexity index is 1240. The second-order valence-electron chi connectivity index (χ2n) is 9.50. The van der Waals surface area contributed by atoms with E-state index in [0.717, 1.165) is 12.1 Å². The molecule has 0 bridgehead atoms. The monoisotopic (exact) mass is 512 g/mol. The first-order valence-electron chi connectivity index (χ1n) is 11.3. The minimum Gasteiger partial charge on any atom is -0.368 e. The maximum absolute atomic E-state index is 15.6. The Hall–Kier alpha value is -2.50. The summed E-state index contributed by atoms with van der Waals surface area (Å²) in [5, 5.41) is 0. The van der Waals surface area contributed by atoms with E-state index >= 15 is 4.39 Å². The number of alkyl halides is 1. The lowest BCUT2D eigenvalue weighted by molar-refractivity contribution is -0.157. The number of sulfonamides is 1. The molecule has 1 N–H and O–H groups in total. The van der Waals surface area contributed by atoms with Crippen LogP contribution in [0.25, 0.3) is 11.1 Å². The number of nitrogens with zero attached hydrogens (tertiary/aromatic N) is 1. The summed E-state index contributed by atoms with van der Waals surface area (Å²) in [5.74, 6) is -2.74. The van der Waals surface area contributed by atoms with E-state index in [-0.39, 0.29) is 35.6 Å². The summed E-state index contributed by atoms with van der Waals surface area (Å²) in [6.07, 6.45) is 1.10. The molecule has 2 heterocycles. The maximum atomic E-state index is 15.6. The molecule has 35 heavy (non-hydrogen) atoms. The number of likely N-dealkylation sites (tertiary alicyclic amines) is 1. The molecule has 0 radical (unpaired) electrons. The van der Waals surface area contributed by atoms with Gasteiger partial charge in [0, 0.05) is 36.1 Å². The van der Waals surface area contributed by atoms with Crippen LogP contribution in [0, 0.1) is 22.9 Å². The molecule has 1 saturated carbocycles. The number of carbonyl (C=O) groups excluding carboxylic acids is 1. The number of halogens is 4. The summed E-state index contributed by atoms with van der Waals surface area (Å²) in [6.45, 7) is 0.699. The molecule has 1 aliphatic carbocycles. The van der Waals surface area contributed by atoms with Crippen molar-refractivity contribution in [3.05, 3.63) is 59.4 Å². The van der Waals surface area contributed by atoms with Gasteiger partial charge >= 0.3 is 0 Å². The number of hydrogen-bond acceptors (Lipinski definition) is 4. The fraction of sp³-hybridized carbons (Fsp3) is 0.458. The van der Waals surface area contributed by atoms with Gasteiger partial charge in [0.1, 0.15) is 23.6 Å². The Labute approximate surface area is 200 Å². The van der Waals surface area contributed by atoms with Gasteiger partial charge in [-0.3, -0.25) is 4.79 Å². The van der Waals surface area contributed by atoms with E-state index in [1.54, 1.807) is 0 Å². The van der Waals surface area contributed by atoms with Crippen LogP contribution in [0.4, 0.5) is 17.6 Å². The molecule has 1 amide bonds. The lowest BCUT2D eigenvalue weighted by Gasteiger charge is -2.34. The lowest BCUT2D eigenvalue weighted by atomic mass is 9.91. The van der Waals surface area contributed by atoms with E-state index < -0.39 is 57.1 Å². The van der Waals surface area contributed by atoms with Crippen LogP contribution in [0.3, 0.4) is 0 Å². The van der Waals surface area contributed by atoms with Gasteiger partial charge in [-0.2, -0.15) is 0 Å². The van der Waals surface area contributed by atoms with Gasteiger partial charge in [0.15, 0.2) is 0 Å². The summed E-state index contributed by atoms with van der Waals surface area (Å²) in [5.41, 5.74) is -0.420. The number of ether oxygens (including phenoxy) is 1. The molecule has 3 fully saturated rings. The van der Waals surface area contributed by atoms with Crippen molar-refractivity contribution in [3.8, 4) is 11.1 Å². The molecule has 3 atom stereocenters. The van der Waals surface area contributed by atoms with Gasteiger partial charge in [0.25, 0.3) is 5.91 Å². The first-order valence-corrected chi connectivity index (χ1v) is 13.0. The third-order valence-electron chi connectivity index (χ3n) is 7.21. The topological polar surface area (TPSA) is 75.7 Å². The van der Waals surface area contributed by atoms with Crippen molar-refractivity contribution in [1.82, 2.24) is 9.62 Å². The van der Waals surface area contributed by atoms with Crippen molar-refractivity contribution in [2.45, 2.75) is 43.9 Å². The Morgan fingerprint density at radius 2 is 1.83 bits per heavy atom. The van der Waals surface area contributed by atoms with Crippen molar-refractivity contribution in [2.24, 2.45) is 5.41 Å². The third-order valence-corrected chi connectivity index (χ3v) is 8.11. The Balaban J connectivity index is 1.51. The number of rotatable bonds is 7. The molecule has 2 saturated heterocycles. The predicted molar refractivity (Wildman–Crippen MR) is 119 cm³/mol. The van der Waals surface area contributed by atoms with Crippen molar-refractivity contribution in [1.29, 1.82) is 0 Å². The van der Waals surface area contributed by atoms with Gasteiger partial charge in [-0.05, 0) is 42.5 Å². The van der Waals surface area contributed by atoms with E-state index in [2.05, 4.69) is 4.72 Å². The summed E-state index contributed by atoms with van der Waals surface area (Å²) in [6, 6.07) is 3.91. The molecule has 2 aliphatic heterocycles. The van der Waals surface area contributed by atoms with E-state index in [4.69, 9.17) is 4.74 Å². The number of benzene rings is 2. The maximum Gasteiger partial charge on any atom is 0.252 e. The van der Waals surface area contributed by atoms with Crippen LogP contribution in [-0.4, -0.2) is 56.6 Å². The van der Waals surface area contributed by atoms with E-state index in [0.29, 0.717) is 31.9 Å². The van der Waals surface area contributed by atoms with Gasteiger partial charge in [0.05, 0.1) is 12.6 Å². The molecule has 188 valence electrons. The third kappa shape index (κ3) is 4.56. The van der Waals surface area contributed by atoms with Crippen LogP contribution in [0.1, 0.15) is 24.8 Å². The van der Waals surface area contributed by atoms with Crippen LogP contribution < -0.4 is 4.72 Å². The highest BCUT2D eigenvalue weighted by Crippen LogP contribution is 2.56. The zero-order valence-corrected chi connectivity index (χ0v) is 19.5. The van der Waals surface area contributed by atoms with Crippen molar-refractivity contribution >= 4 is 15.9 Å². The fourth-order valence-electron chi connectivity index (χ4n) is 5.18. The second kappa shape index (κ2) is 8.86. The van der Waals surface area contributed by atoms with Gasteiger partial charge in [-0.15, -0.1) is 0 Å². The van der Waals surface area contributed by atoms with Gasteiger partial charge in [0.2, 0.25) is 16.0 Å². The van der Waals surface area contributed by atoms with E-state index in [1.807, 2.05) is 0 Å². The molecule has 6 nitrogen and oxygen atoms in total. The highest BCUT2D eigenvalue weighted by atomic mass is 32.2. The number of nitrogens with one attached hydrogen (secondary N) is 1. The van der Waals surface area contributed by atoms with E-state index in [1.165, 1.54) is 23.1 Å². The Kier molecular flexibility index (Phi) is 6.13. The van der Waals surface area contributed by atoms with Crippen LogP contribution in [0.2, 0.25) is 0 Å². The van der Waals surface area contributed by atoms with Crippen LogP contribution in [-0.2, 0) is 26.0 Å². The predicted octanol–water partition coefficient (Wildman–Crippen LogP) is 3.31. The molecule has 1 unspecified atom stereocenters. The molecular formula is C24H24F4N2O4S. The zero-order chi connectivity index (χ0) is 25.0. The van der Waals surface area contributed by atoms with Crippen LogP contribution in [0.5, 0.6) is 0 Å². The molecule has 2 aromatic rings. The van der Waals surface area contributed by atoms with Crippen LogP contribution in [0.15, 0.2) is 36.4 Å². The standard InChI is InChI=1S/C24H24F4N2O4S/c25-13-35(32,33)29-22-19(30(12-24(22)5-6-24)23(31)20-4-7-34-20)10-14-2-1-3-18(21(14)28)15-8-16(26)11-17(27)9-15/h1-3,8-9,11,19-20,22,29H,4-7,10,12-13H2/t19-,20?,22+/m0/s1. The van der Waals surface area contributed by atoms with E-state index in [9.17, 15) is 26.4 Å². The first-order chi connectivity index (χ1) is 16.6. The molecule has 5 rings (SSSR count). The first kappa shape index (κ1) is 24.2. The minimum atomic E-state index is -4.25. The average molecular weight is 513 g/mol. The van der Waals surface area contributed by atoms with Crippen molar-refractivity contribution in [2.75, 3.05) is 19.2 Å². The Morgan fingerprint density at radius 1 is 1.14 bits per heavy atom. The normalized spacial score (nSPS) is 25.0. The SMILES string of the molecule is O=C(C1CCO1)N1CC2(CC2)[C@H](NS(=O)(=O)CF)[C@@H]1Cc1cccc(-c2cc(F)cc(F)c2)c1F. The number of hydrogen-bond donors (Lipinski definition) is 1. The largest absolute Gasteiger partial charge is 0.368 e. The lowest BCUT2D eigenvalue weighted by Crippen LogP contribution is -2.53. The molecule has 1 spiro atoms. The number of carbonyl (C=O) groups is 1. The highest BCUT2D eigenvalue weighted by Gasteiger charge is 2.62. The summed E-state index contributed by atoms with van der Waals surface area (Å²) < 4.78 is 88.4. The van der Waals surface area contributed by atoms with Crippen molar-refractivity contribution in [3.63, 3.8) is 0 Å². The fourth-order valence-corrected chi connectivity index (χ4v) is 6.04. The molecule has 3 aliphatic rings. The highest BCUT2D eigenvalue weighted by molar-refractivity contribution is 7.89. The second-order valence-corrected chi connectivity index (χ2v) is 11.2. The summed E-state index contributed by atoms with van der Waals surface area (Å²) >= 11 is 0. The average Bonchev–Trinajstić information content (AvgIpc) is 3.48. The minimum absolute atomic E-state index is 0.0115. The zero-order valence-electron chi connectivity index (χ0n) is 18.6. The van der Waals surface area contributed by atoms with Crippen molar-refractivity contribution < 1.29 is 35.5 Å². The molecule has 2 aromatic carbocycles. The van der Waals surface area contributed by atoms with Gasteiger partial charge in [-0.1, -0.05) is 18.2 Å². The summed E-state index contributed by atoms with van der Waals surface area (Å²) in [7, 11) is -4.25. The quantitative estimate of drug-likeness (QED) is 0.578. The summed E-state index contributed by atoms with van der Waals surface area (Å²) in [4.78, 5) is 14.7. The molecule has 11 heteroatoms. The smallest absolute Gasteiger partial charge is 0.252 e. The van der Waals surface area contributed by atoms with Gasteiger partial charge in [-0.25, -0.2) is 30.7 Å². The Morgan fingerprint density at radius 3 is 2.40 bits per heavy atom.